The number of rotatable bonds is 2. The highest BCUT2D eigenvalue weighted by Gasteiger charge is 2.53. The van der Waals surface area contributed by atoms with E-state index in [4.69, 9.17) is 21.3 Å². The molecule has 2 aromatic carbocycles. The van der Waals surface area contributed by atoms with Gasteiger partial charge in [-0.25, -0.2) is 4.99 Å². The molecule has 3 unspecified atom stereocenters. The Morgan fingerprint density at radius 2 is 2.07 bits per heavy atom. The molecular weight excluding hydrogens is 408 g/mol. The Hall–Kier alpha value is -2.70. The molecule has 5 rings (SSSR count). The van der Waals surface area contributed by atoms with Gasteiger partial charge in [-0.05, 0) is 43.7 Å². The van der Waals surface area contributed by atoms with Gasteiger partial charge in [-0.1, -0.05) is 53.3 Å². The summed E-state index contributed by atoms with van der Waals surface area (Å²) >= 11 is 7.38. The van der Waals surface area contributed by atoms with Crippen molar-refractivity contribution in [3.8, 4) is 5.75 Å². The lowest BCUT2D eigenvalue weighted by atomic mass is 9.79. The minimum Gasteiger partial charge on any atom is -0.465 e. The third kappa shape index (κ3) is 2.78. The van der Waals surface area contributed by atoms with Gasteiger partial charge < -0.3 is 4.74 Å². The Labute approximate surface area is 175 Å². The van der Waals surface area contributed by atoms with E-state index in [2.05, 4.69) is 0 Å². The summed E-state index contributed by atoms with van der Waals surface area (Å²) < 4.78 is 8.37. The van der Waals surface area contributed by atoms with Crippen LogP contribution in [0.2, 0.25) is 5.02 Å². The van der Waals surface area contributed by atoms with Gasteiger partial charge in [0.25, 0.3) is 5.56 Å². The maximum absolute atomic E-state index is 13.4. The highest BCUT2D eigenvalue weighted by molar-refractivity contribution is 7.07. The SMILES string of the molecule is CC(=O)C1C2c3ccccc3OC1(C)N=c1s/c(=C\c3cccc(Cl)c3)c(=O)n12. The molecule has 146 valence electrons. The van der Waals surface area contributed by atoms with Crippen LogP contribution < -0.4 is 19.6 Å². The van der Waals surface area contributed by atoms with Crippen LogP contribution in [-0.4, -0.2) is 16.1 Å². The van der Waals surface area contributed by atoms with Crippen molar-refractivity contribution in [3.63, 3.8) is 0 Å². The van der Waals surface area contributed by atoms with Crippen LogP contribution in [0.1, 0.15) is 31.0 Å². The molecule has 0 aliphatic carbocycles. The number of halogens is 1. The Balaban J connectivity index is 1.81. The minimum atomic E-state index is -1.05. The molecule has 0 fully saturated rings. The lowest BCUT2D eigenvalue weighted by molar-refractivity contribution is -0.132. The first-order valence-corrected chi connectivity index (χ1v) is 10.4. The predicted octanol–water partition coefficient (Wildman–Crippen LogP) is 2.93. The summed E-state index contributed by atoms with van der Waals surface area (Å²) in [7, 11) is 0. The number of carbonyl (C=O) groups excluding carboxylic acids is 1. The first-order chi connectivity index (χ1) is 13.9. The molecule has 0 spiro atoms. The van der Waals surface area contributed by atoms with Gasteiger partial charge in [0.2, 0.25) is 5.72 Å². The molecule has 3 heterocycles. The molecule has 2 aliphatic rings. The number of Topliss-reactive ketones (excluding diaryl/α,β-unsaturated/α-hetero) is 1. The Kier molecular flexibility index (Phi) is 4.05. The van der Waals surface area contributed by atoms with Gasteiger partial charge in [-0.3, -0.25) is 14.2 Å². The number of aromatic nitrogens is 1. The third-order valence-electron chi connectivity index (χ3n) is 5.46. The molecule has 5 nitrogen and oxygen atoms in total. The zero-order valence-corrected chi connectivity index (χ0v) is 17.3. The summed E-state index contributed by atoms with van der Waals surface area (Å²) in [5.41, 5.74) is 0.456. The summed E-state index contributed by atoms with van der Waals surface area (Å²) in [6.45, 7) is 3.35. The van der Waals surface area contributed by atoms with Gasteiger partial charge >= 0.3 is 0 Å². The molecule has 0 N–H and O–H groups in total. The van der Waals surface area contributed by atoms with Crippen LogP contribution in [0.25, 0.3) is 6.08 Å². The van der Waals surface area contributed by atoms with E-state index in [0.29, 0.717) is 20.1 Å². The number of ether oxygens (including phenoxy) is 1. The quantitative estimate of drug-likeness (QED) is 0.635. The maximum Gasteiger partial charge on any atom is 0.270 e. The second kappa shape index (κ2) is 6.40. The Morgan fingerprint density at radius 3 is 2.83 bits per heavy atom. The van der Waals surface area contributed by atoms with E-state index in [9.17, 15) is 9.59 Å². The second-order valence-corrected chi connectivity index (χ2v) is 8.91. The summed E-state index contributed by atoms with van der Waals surface area (Å²) in [6, 6.07) is 14.4. The van der Waals surface area contributed by atoms with Crippen molar-refractivity contribution in [2.75, 3.05) is 0 Å². The second-order valence-electron chi connectivity index (χ2n) is 7.46. The van der Waals surface area contributed by atoms with E-state index in [1.54, 1.807) is 16.7 Å². The van der Waals surface area contributed by atoms with Crippen molar-refractivity contribution >= 4 is 34.8 Å². The van der Waals surface area contributed by atoms with Crippen molar-refractivity contribution in [1.29, 1.82) is 0 Å². The first kappa shape index (κ1) is 18.3. The summed E-state index contributed by atoms with van der Waals surface area (Å²) in [4.78, 5) is 31.3. The fraction of sp³-hybridized carbons (Fsp3) is 0.227. The average Bonchev–Trinajstić information content (AvgIpc) is 2.94. The van der Waals surface area contributed by atoms with Crippen LogP contribution in [0.3, 0.4) is 0 Å². The van der Waals surface area contributed by atoms with Gasteiger partial charge in [0.1, 0.15) is 17.5 Å². The normalized spacial score (nSPS) is 24.9. The van der Waals surface area contributed by atoms with Crippen LogP contribution in [0.5, 0.6) is 5.75 Å². The number of hydrogen-bond donors (Lipinski definition) is 0. The summed E-state index contributed by atoms with van der Waals surface area (Å²) in [5, 5.41) is 0.604. The molecular formula is C22H17ClN2O3S. The Morgan fingerprint density at radius 1 is 1.28 bits per heavy atom. The predicted molar refractivity (Wildman–Crippen MR) is 112 cm³/mol. The van der Waals surface area contributed by atoms with E-state index in [1.165, 1.54) is 18.3 Å². The molecule has 2 bridgehead atoms. The molecule has 0 saturated carbocycles. The number of carbonyl (C=O) groups is 1. The minimum absolute atomic E-state index is 0.0557. The summed E-state index contributed by atoms with van der Waals surface area (Å²) in [6.07, 6.45) is 1.81. The largest absolute Gasteiger partial charge is 0.465 e. The number of thiazole rings is 1. The van der Waals surface area contributed by atoms with Crippen LogP contribution in [-0.2, 0) is 4.79 Å². The molecule has 7 heteroatoms. The number of ketones is 1. The van der Waals surface area contributed by atoms with Gasteiger partial charge in [0.15, 0.2) is 4.80 Å². The van der Waals surface area contributed by atoms with Crippen molar-refractivity contribution in [3.05, 3.63) is 84.4 Å². The molecule has 1 aromatic heterocycles. The van der Waals surface area contributed by atoms with Crippen LogP contribution in [0.4, 0.5) is 0 Å². The van der Waals surface area contributed by atoms with Gasteiger partial charge in [-0.15, -0.1) is 0 Å². The molecule has 3 aromatic rings. The fourth-order valence-electron chi connectivity index (χ4n) is 4.30. The van der Waals surface area contributed by atoms with Crippen molar-refractivity contribution in [2.24, 2.45) is 10.9 Å². The van der Waals surface area contributed by atoms with E-state index in [0.717, 1.165) is 11.1 Å². The number of fused-ring (bicyclic) bond motifs is 6. The maximum atomic E-state index is 13.4. The lowest BCUT2D eigenvalue weighted by Crippen LogP contribution is -2.58. The zero-order chi connectivity index (χ0) is 20.3. The van der Waals surface area contributed by atoms with E-state index < -0.39 is 17.7 Å². The van der Waals surface area contributed by atoms with E-state index in [1.807, 2.05) is 49.4 Å². The zero-order valence-electron chi connectivity index (χ0n) is 15.8. The smallest absolute Gasteiger partial charge is 0.270 e. The van der Waals surface area contributed by atoms with Crippen LogP contribution in [0.15, 0.2) is 58.3 Å². The lowest BCUT2D eigenvalue weighted by Gasteiger charge is -2.45. The highest BCUT2D eigenvalue weighted by atomic mass is 35.5. The first-order valence-electron chi connectivity index (χ1n) is 9.24. The van der Waals surface area contributed by atoms with Crippen LogP contribution >= 0.6 is 22.9 Å². The Bertz CT molecular complexity index is 1340. The van der Waals surface area contributed by atoms with Gasteiger partial charge in [0.05, 0.1) is 10.6 Å². The number of nitrogens with zero attached hydrogens (tertiary/aromatic N) is 2. The molecule has 29 heavy (non-hydrogen) atoms. The van der Waals surface area contributed by atoms with E-state index >= 15 is 0 Å². The van der Waals surface area contributed by atoms with E-state index in [-0.39, 0.29) is 11.3 Å². The monoisotopic (exact) mass is 424 g/mol. The van der Waals surface area contributed by atoms with Crippen molar-refractivity contribution in [2.45, 2.75) is 25.6 Å². The number of para-hydroxylation sites is 1. The van der Waals surface area contributed by atoms with Gasteiger partial charge in [-0.2, -0.15) is 0 Å². The van der Waals surface area contributed by atoms with Gasteiger partial charge in [0, 0.05) is 10.6 Å². The van der Waals surface area contributed by atoms with Crippen molar-refractivity contribution < 1.29 is 9.53 Å². The molecule has 0 amide bonds. The highest BCUT2D eigenvalue weighted by Crippen LogP contribution is 2.47. The number of hydrogen-bond acceptors (Lipinski definition) is 5. The van der Waals surface area contributed by atoms with Crippen LogP contribution in [0, 0.1) is 5.92 Å². The van der Waals surface area contributed by atoms with Crippen molar-refractivity contribution in [1.82, 2.24) is 4.57 Å². The third-order valence-corrected chi connectivity index (χ3v) is 6.68. The molecule has 3 atom stereocenters. The summed E-state index contributed by atoms with van der Waals surface area (Å²) in [5.74, 6) is 0.0291. The fourth-order valence-corrected chi connectivity index (χ4v) is 5.60. The number of benzene rings is 2. The molecule has 0 saturated heterocycles. The standard InChI is InChI=1S/C22H17ClN2O3S/c1-12(26)18-19-15-8-3-4-9-16(15)28-22(18,2)24-21-25(19)20(27)17(29-21)11-13-6-5-7-14(23)10-13/h3-11,18-19H,1-2H3/b17-11-. The molecule has 2 aliphatic heterocycles. The average molecular weight is 425 g/mol. The molecule has 0 radical (unpaired) electrons. The topological polar surface area (TPSA) is 60.7 Å².